The van der Waals surface area contributed by atoms with Gasteiger partial charge in [0.05, 0.1) is 5.69 Å². The smallest absolute Gasteiger partial charge is 0.387 e. The van der Waals surface area contributed by atoms with Crippen LogP contribution in [0.4, 0.5) is 14.5 Å². The summed E-state index contributed by atoms with van der Waals surface area (Å²) >= 11 is 5.85. The number of carbonyl (C=O) groups is 1. The minimum atomic E-state index is -3.00. The lowest BCUT2D eigenvalue weighted by Gasteiger charge is -2.14. The number of nitrogens with zero attached hydrogens (tertiary/aromatic N) is 4. The molecular formula is C17H14ClF2N5O2. The van der Waals surface area contributed by atoms with E-state index in [2.05, 4.69) is 25.5 Å². The van der Waals surface area contributed by atoms with Crippen molar-refractivity contribution in [3.8, 4) is 17.1 Å². The van der Waals surface area contributed by atoms with Gasteiger partial charge >= 0.3 is 6.61 Å². The number of hydrogen-bond donors (Lipinski definition) is 1. The normalized spacial score (nSPS) is 12.0. The van der Waals surface area contributed by atoms with E-state index in [-0.39, 0.29) is 11.4 Å². The quantitative estimate of drug-likeness (QED) is 0.689. The fourth-order valence-corrected chi connectivity index (χ4v) is 2.34. The molecule has 0 radical (unpaired) electrons. The molecule has 27 heavy (non-hydrogen) atoms. The predicted octanol–water partition coefficient (Wildman–Crippen LogP) is 3.79. The van der Waals surface area contributed by atoms with Crippen molar-refractivity contribution in [1.82, 2.24) is 20.2 Å². The van der Waals surface area contributed by atoms with Crippen LogP contribution in [0.15, 0.2) is 48.5 Å². The number of para-hydroxylation sites is 2. The summed E-state index contributed by atoms with van der Waals surface area (Å²) in [5, 5.41) is 15.1. The Bertz CT molecular complexity index is 933. The number of halogens is 3. The molecule has 3 rings (SSSR count). The molecule has 10 heteroatoms. The minimum Gasteiger partial charge on any atom is -0.433 e. The van der Waals surface area contributed by atoms with Crippen LogP contribution in [0.3, 0.4) is 0 Å². The Hall–Kier alpha value is -3.07. The molecule has 0 bridgehead atoms. The number of aromatic nitrogens is 4. The summed E-state index contributed by atoms with van der Waals surface area (Å²) in [6, 6.07) is 11.9. The Morgan fingerprint density at radius 3 is 2.59 bits per heavy atom. The molecule has 7 nitrogen and oxygen atoms in total. The number of tetrazole rings is 1. The first-order valence-electron chi connectivity index (χ1n) is 7.84. The number of carbonyl (C=O) groups excluding carboxylic acids is 1. The number of anilines is 1. The number of nitrogens with one attached hydrogen (secondary N) is 1. The van der Waals surface area contributed by atoms with Gasteiger partial charge in [-0.1, -0.05) is 23.7 Å². The van der Waals surface area contributed by atoms with Crippen LogP contribution in [0.25, 0.3) is 11.4 Å². The maximum absolute atomic E-state index is 12.5. The fourth-order valence-electron chi connectivity index (χ4n) is 2.21. The third kappa shape index (κ3) is 4.56. The number of alkyl halides is 2. The van der Waals surface area contributed by atoms with Gasteiger partial charge in [-0.25, -0.2) is 0 Å². The first kappa shape index (κ1) is 18.7. The zero-order valence-corrected chi connectivity index (χ0v) is 14.8. The summed E-state index contributed by atoms with van der Waals surface area (Å²) in [7, 11) is 0. The van der Waals surface area contributed by atoms with E-state index in [4.69, 9.17) is 11.6 Å². The van der Waals surface area contributed by atoms with Crippen molar-refractivity contribution in [3.63, 3.8) is 0 Å². The summed E-state index contributed by atoms with van der Waals surface area (Å²) in [6.45, 7) is -1.45. The Labute approximate surface area is 157 Å². The van der Waals surface area contributed by atoms with Crippen molar-refractivity contribution in [2.24, 2.45) is 0 Å². The average molecular weight is 394 g/mol. The molecule has 1 heterocycles. The first-order valence-corrected chi connectivity index (χ1v) is 8.22. The Morgan fingerprint density at radius 1 is 1.19 bits per heavy atom. The van der Waals surface area contributed by atoms with Gasteiger partial charge in [-0.2, -0.15) is 13.6 Å². The molecule has 0 aliphatic heterocycles. The van der Waals surface area contributed by atoms with E-state index >= 15 is 0 Å². The molecule has 0 aliphatic rings. The van der Waals surface area contributed by atoms with E-state index in [1.165, 1.54) is 18.2 Å². The Morgan fingerprint density at radius 2 is 1.89 bits per heavy atom. The van der Waals surface area contributed by atoms with Crippen LogP contribution in [0.2, 0.25) is 5.02 Å². The third-order valence-corrected chi connectivity index (χ3v) is 3.87. The number of hydrogen-bond acceptors (Lipinski definition) is 5. The van der Waals surface area contributed by atoms with Gasteiger partial charge in [0.1, 0.15) is 11.8 Å². The SMILES string of the molecule is CC(C(=O)Nc1ccccc1OC(F)F)n1nnc(-c2ccc(Cl)cc2)n1. The van der Waals surface area contributed by atoms with Crippen molar-refractivity contribution in [2.75, 3.05) is 5.32 Å². The highest BCUT2D eigenvalue weighted by molar-refractivity contribution is 6.30. The molecule has 1 aromatic heterocycles. The summed E-state index contributed by atoms with van der Waals surface area (Å²) in [5.41, 5.74) is 0.807. The van der Waals surface area contributed by atoms with E-state index in [1.807, 2.05) is 0 Å². The molecule has 140 valence electrons. The van der Waals surface area contributed by atoms with Crippen LogP contribution in [0.1, 0.15) is 13.0 Å². The lowest BCUT2D eigenvalue weighted by atomic mass is 10.2. The van der Waals surface area contributed by atoms with Crippen molar-refractivity contribution in [3.05, 3.63) is 53.6 Å². The van der Waals surface area contributed by atoms with Gasteiger partial charge in [-0.3, -0.25) is 4.79 Å². The molecule has 3 aromatic rings. The van der Waals surface area contributed by atoms with Crippen molar-refractivity contribution in [2.45, 2.75) is 19.6 Å². The van der Waals surface area contributed by atoms with E-state index in [0.29, 0.717) is 16.4 Å². The molecule has 1 atom stereocenters. The summed E-state index contributed by atoms with van der Waals surface area (Å²) in [4.78, 5) is 13.6. The van der Waals surface area contributed by atoms with Crippen molar-refractivity contribution in [1.29, 1.82) is 0 Å². The van der Waals surface area contributed by atoms with Gasteiger partial charge in [0.25, 0.3) is 5.91 Å². The standard InChI is InChI=1S/C17H14ClF2N5O2/c1-10(16(26)21-13-4-2-3-5-14(13)27-17(19)20)25-23-15(22-24-25)11-6-8-12(18)9-7-11/h2-10,17H,1H3,(H,21,26). The molecule has 0 saturated heterocycles. The van der Waals surface area contributed by atoms with E-state index in [0.717, 1.165) is 4.80 Å². The van der Waals surface area contributed by atoms with Gasteiger partial charge in [0, 0.05) is 10.6 Å². The van der Waals surface area contributed by atoms with Gasteiger partial charge < -0.3 is 10.1 Å². The summed E-state index contributed by atoms with van der Waals surface area (Å²) in [6.07, 6.45) is 0. The van der Waals surface area contributed by atoms with E-state index in [1.54, 1.807) is 37.3 Å². The van der Waals surface area contributed by atoms with Crippen LogP contribution >= 0.6 is 11.6 Å². The second-order valence-corrected chi connectivity index (χ2v) is 5.92. The van der Waals surface area contributed by atoms with Gasteiger partial charge in [-0.05, 0) is 48.5 Å². The summed E-state index contributed by atoms with van der Waals surface area (Å²) in [5.74, 6) is -0.324. The average Bonchev–Trinajstić information content (AvgIpc) is 3.13. The number of benzene rings is 2. The maximum Gasteiger partial charge on any atom is 0.387 e. The van der Waals surface area contributed by atoms with Gasteiger partial charge in [0.15, 0.2) is 0 Å². The number of ether oxygens (including phenoxy) is 1. The second-order valence-electron chi connectivity index (χ2n) is 5.48. The topological polar surface area (TPSA) is 81.9 Å². The van der Waals surface area contributed by atoms with Crippen LogP contribution < -0.4 is 10.1 Å². The minimum absolute atomic E-state index is 0.118. The van der Waals surface area contributed by atoms with Crippen molar-refractivity contribution >= 4 is 23.2 Å². The predicted molar refractivity (Wildman–Crippen MR) is 94.7 cm³/mol. The Balaban J connectivity index is 1.74. The van der Waals surface area contributed by atoms with Gasteiger partial charge in [0.2, 0.25) is 5.82 Å². The zero-order chi connectivity index (χ0) is 19.4. The molecule has 1 unspecified atom stereocenters. The molecular weight excluding hydrogens is 380 g/mol. The molecule has 0 fully saturated rings. The van der Waals surface area contributed by atoms with Crippen LogP contribution in [-0.2, 0) is 4.79 Å². The van der Waals surface area contributed by atoms with Gasteiger partial charge in [-0.15, -0.1) is 10.2 Å². The summed E-state index contributed by atoms with van der Waals surface area (Å²) < 4.78 is 29.3. The second kappa shape index (κ2) is 8.09. The molecule has 0 spiro atoms. The van der Waals surface area contributed by atoms with Crippen LogP contribution in [-0.4, -0.2) is 32.7 Å². The molecule has 0 aliphatic carbocycles. The highest BCUT2D eigenvalue weighted by Crippen LogP contribution is 2.26. The lowest BCUT2D eigenvalue weighted by Crippen LogP contribution is -2.25. The van der Waals surface area contributed by atoms with Crippen LogP contribution in [0, 0.1) is 0 Å². The number of amides is 1. The highest BCUT2D eigenvalue weighted by atomic mass is 35.5. The number of rotatable bonds is 6. The highest BCUT2D eigenvalue weighted by Gasteiger charge is 2.20. The zero-order valence-electron chi connectivity index (χ0n) is 14.0. The van der Waals surface area contributed by atoms with Crippen molar-refractivity contribution < 1.29 is 18.3 Å². The fraction of sp³-hybridized carbons (Fsp3) is 0.176. The Kier molecular flexibility index (Phi) is 5.60. The molecule has 1 N–H and O–H groups in total. The molecule has 1 amide bonds. The van der Waals surface area contributed by atoms with E-state index in [9.17, 15) is 13.6 Å². The maximum atomic E-state index is 12.5. The monoisotopic (exact) mass is 393 g/mol. The first-order chi connectivity index (χ1) is 12.9. The lowest BCUT2D eigenvalue weighted by molar-refractivity contribution is -0.119. The molecule has 2 aromatic carbocycles. The molecule has 0 saturated carbocycles. The van der Waals surface area contributed by atoms with E-state index < -0.39 is 18.6 Å². The van der Waals surface area contributed by atoms with Crippen LogP contribution in [0.5, 0.6) is 5.75 Å². The third-order valence-electron chi connectivity index (χ3n) is 3.62. The largest absolute Gasteiger partial charge is 0.433 e.